The molecule has 1 N–H and O–H groups in total. The molecule has 0 aliphatic carbocycles. The predicted octanol–water partition coefficient (Wildman–Crippen LogP) is 2.71. The van der Waals surface area contributed by atoms with Crippen LogP contribution < -0.4 is 5.32 Å². The minimum atomic E-state index is -0.523. The highest BCUT2D eigenvalue weighted by Gasteiger charge is 2.30. The molecule has 1 aliphatic rings. The van der Waals surface area contributed by atoms with Crippen molar-refractivity contribution in [3.05, 3.63) is 35.8 Å². The first kappa shape index (κ1) is 19.7. The van der Waals surface area contributed by atoms with E-state index in [0.717, 1.165) is 23.5 Å². The second-order valence-electron chi connectivity index (χ2n) is 7.85. The van der Waals surface area contributed by atoms with Crippen molar-refractivity contribution < 1.29 is 9.63 Å². The molecular weight excluding hydrogens is 356 g/mol. The Balaban J connectivity index is 1.64. The Hall–Kier alpha value is -3.05. The highest BCUT2D eigenvalue weighted by Crippen LogP contribution is 2.23. The number of carbonyl (C=O) groups is 1. The van der Waals surface area contributed by atoms with Gasteiger partial charge in [-0.2, -0.15) is 5.26 Å². The molecule has 3 heterocycles. The Bertz CT molecular complexity index is 916. The summed E-state index contributed by atoms with van der Waals surface area (Å²) in [5.74, 6) is 0.995. The number of aromatic nitrogens is 3. The lowest BCUT2D eigenvalue weighted by atomic mass is 9.98. The van der Waals surface area contributed by atoms with E-state index in [-0.39, 0.29) is 12.0 Å². The Morgan fingerprint density at radius 2 is 2.11 bits per heavy atom. The number of carbonyl (C=O) groups excluding carboxylic acids is 1. The number of nitrogens with one attached hydrogen (secondary N) is 1. The molecule has 8 heteroatoms. The van der Waals surface area contributed by atoms with Crippen molar-refractivity contribution in [3.8, 4) is 17.5 Å². The Morgan fingerprint density at radius 3 is 2.79 bits per heavy atom. The van der Waals surface area contributed by atoms with Crippen LogP contribution in [0.4, 0.5) is 5.82 Å². The van der Waals surface area contributed by atoms with E-state index in [9.17, 15) is 4.79 Å². The van der Waals surface area contributed by atoms with E-state index in [1.54, 1.807) is 17.3 Å². The summed E-state index contributed by atoms with van der Waals surface area (Å²) in [6.07, 6.45) is 2.42. The monoisotopic (exact) mass is 380 g/mol. The summed E-state index contributed by atoms with van der Waals surface area (Å²) < 4.78 is 0. The van der Waals surface area contributed by atoms with Gasteiger partial charge in [0.1, 0.15) is 17.6 Å². The molecule has 2 aromatic heterocycles. The van der Waals surface area contributed by atoms with Gasteiger partial charge < -0.3 is 10.2 Å². The van der Waals surface area contributed by atoms with Gasteiger partial charge in [0.25, 0.3) is 0 Å². The normalized spacial score (nSPS) is 17.2. The highest BCUT2D eigenvalue weighted by molar-refractivity contribution is 5.75. The summed E-state index contributed by atoms with van der Waals surface area (Å²) in [5.41, 5.74) is 1.36. The number of hydrogen-bond donors (Lipinski definition) is 1. The van der Waals surface area contributed by atoms with Gasteiger partial charge in [-0.05, 0) is 52.3 Å². The second-order valence-corrected chi connectivity index (χ2v) is 7.85. The number of nitriles is 1. The molecule has 8 nitrogen and oxygen atoms in total. The van der Waals surface area contributed by atoms with Crippen LogP contribution in [0.25, 0.3) is 11.4 Å². The molecule has 1 saturated heterocycles. The van der Waals surface area contributed by atoms with Gasteiger partial charge in [-0.25, -0.2) is 19.7 Å². The summed E-state index contributed by atoms with van der Waals surface area (Å²) in [7, 11) is 0. The first-order chi connectivity index (χ1) is 13.3. The average Bonchev–Trinajstić information content (AvgIpc) is 3.08. The first-order valence-corrected chi connectivity index (χ1v) is 9.21. The van der Waals surface area contributed by atoms with Crippen LogP contribution in [0.5, 0.6) is 0 Å². The molecule has 0 spiro atoms. The first-order valence-electron chi connectivity index (χ1n) is 9.21. The summed E-state index contributed by atoms with van der Waals surface area (Å²) >= 11 is 0. The average molecular weight is 380 g/mol. The van der Waals surface area contributed by atoms with E-state index in [4.69, 9.17) is 10.1 Å². The molecule has 0 bridgehead atoms. The van der Waals surface area contributed by atoms with Crippen LogP contribution in [0.1, 0.15) is 38.6 Å². The van der Waals surface area contributed by atoms with Gasteiger partial charge >= 0.3 is 5.97 Å². The molecular formula is C20H24N6O2. The van der Waals surface area contributed by atoms with Crippen LogP contribution in [0, 0.1) is 23.7 Å². The topological polar surface area (TPSA) is 104 Å². The molecule has 0 saturated carbocycles. The van der Waals surface area contributed by atoms with E-state index < -0.39 is 5.41 Å². The van der Waals surface area contributed by atoms with E-state index in [2.05, 4.69) is 20.3 Å². The van der Waals surface area contributed by atoms with Crippen LogP contribution in [0.15, 0.2) is 24.4 Å². The fourth-order valence-corrected chi connectivity index (χ4v) is 2.82. The van der Waals surface area contributed by atoms with Crippen molar-refractivity contribution in [2.45, 2.75) is 40.2 Å². The van der Waals surface area contributed by atoms with Gasteiger partial charge in [-0.15, -0.1) is 5.06 Å². The van der Waals surface area contributed by atoms with Crippen molar-refractivity contribution in [1.29, 1.82) is 5.26 Å². The van der Waals surface area contributed by atoms with Gasteiger partial charge in [0.05, 0.1) is 17.7 Å². The summed E-state index contributed by atoms with van der Waals surface area (Å²) in [5, 5.41) is 14.1. The molecule has 0 aromatic carbocycles. The van der Waals surface area contributed by atoms with Gasteiger partial charge in [-0.1, -0.05) is 0 Å². The lowest BCUT2D eigenvalue weighted by Crippen LogP contribution is -2.33. The predicted molar refractivity (Wildman–Crippen MR) is 104 cm³/mol. The van der Waals surface area contributed by atoms with E-state index in [0.29, 0.717) is 24.6 Å². The maximum absolute atomic E-state index is 12.0. The van der Waals surface area contributed by atoms with Crippen LogP contribution in [-0.4, -0.2) is 45.1 Å². The molecule has 3 rings (SSSR count). The van der Waals surface area contributed by atoms with Crippen LogP contribution in [0.2, 0.25) is 0 Å². The third-order valence-corrected chi connectivity index (χ3v) is 4.42. The lowest BCUT2D eigenvalue weighted by molar-refractivity contribution is -0.195. The molecule has 0 radical (unpaired) electrons. The molecule has 0 unspecified atom stereocenters. The zero-order valence-corrected chi connectivity index (χ0v) is 16.6. The number of rotatable bonds is 4. The minimum Gasteiger partial charge on any atom is -0.367 e. The van der Waals surface area contributed by atoms with Crippen molar-refractivity contribution in [2.75, 3.05) is 18.4 Å². The van der Waals surface area contributed by atoms with Crippen LogP contribution in [-0.2, 0) is 9.63 Å². The zero-order valence-electron chi connectivity index (χ0n) is 16.6. The Morgan fingerprint density at radius 1 is 1.32 bits per heavy atom. The van der Waals surface area contributed by atoms with Crippen LogP contribution >= 0.6 is 0 Å². The smallest absolute Gasteiger partial charge is 0.330 e. The Kier molecular flexibility index (Phi) is 5.56. The van der Waals surface area contributed by atoms with E-state index in [1.165, 1.54) is 0 Å². The van der Waals surface area contributed by atoms with Gasteiger partial charge in [-0.3, -0.25) is 0 Å². The molecule has 146 valence electrons. The molecule has 28 heavy (non-hydrogen) atoms. The summed E-state index contributed by atoms with van der Waals surface area (Å²) in [6.45, 7) is 8.69. The molecule has 0 amide bonds. The van der Waals surface area contributed by atoms with Crippen molar-refractivity contribution in [2.24, 2.45) is 5.41 Å². The number of anilines is 1. The fourth-order valence-electron chi connectivity index (χ4n) is 2.82. The van der Waals surface area contributed by atoms with E-state index in [1.807, 2.05) is 45.9 Å². The second kappa shape index (κ2) is 7.90. The number of pyridine rings is 1. The van der Waals surface area contributed by atoms with Gasteiger partial charge in [0.15, 0.2) is 5.82 Å². The van der Waals surface area contributed by atoms with Crippen molar-refractivity contribution >= 4 is 11.8 Å². The fraction of sp³-hybridized carbons (Fsp3) is 0.450. The number of hydroxylamine groups is 2. The molecule has 2 aromatic rings. The molecule has 1 fully saturated rings. The molecule has 1 atom stereocenters. The third kappa shape index (κ3) is 4.61. The number of hydrogen-bond acceptors (Lipinski definition) is 8. The van der Waals surface area contributed by atoms with Gasteiger partial charge in [0.2, 0.25) is 0 Å². The summed E-state index contributed by atoms with van der Waals surface area (Å²) in [4.78, 5) is 30.5. The van der Waals surface area contributed by atoms with E-state index >= 15 is 0 Å². The van der Waals surface area contributed by atoms with Crippen molar-refractivity contribution in [1.82, 2.24) is 20.0 Å². The summed E-state index contributed by atoms with van der Waals surface area (Å²) in [6, 6.07) is 7.50. The quantitative estimate of drug-likeness (QED) is 0.863. The van der Waals surface area contributed by atoms with Gasteiger partial charge in [0, 0.05) is 24.3 Å². The Labute approximate surface area is 164 Å². The van der Waals surface area contributed by atoms with Crippen molar-refractivity contribution in [3.63, 3.8) is 0 Å². The largest absolute Gasteiger partial charge is 0.367 e. The number of nitrogens with zero attached hydrogens (tertiary/aromatic N) is 5. The zero-order chi connectivity index (χ0) is 20.3. The maximum atomic E-state index is 12.0. The van der Waals surface area contributed by atoms with Crippen LogP contribution in [0.3, 0.4) is 0 Å². The third-order valence-electron chi connectivity index (χ3n) is 4.42. The minimum absolute atomic E-state index is 0.142. The SMILES string of the molecule is Cc1nc(N[C@H]2CCN(OC(=O)C(C)(C)C)C2)ccc1-c1nccc(C#N)n1. The number of aryl methyl sites for hydroxylation is 1. The maximum Gasteiger partial charge on any atom is 0.330 e. The highest BCUT2D eigenvalue weighted by atomic mass is 16.7. The molecule has 1 aliphatic heterocycles. The standard InChI is InChI=1S/C20H24N6O2/c1-13-16(18-22-9-7-14(11-21)25-18)5-6-17(23-13)24-15-8-10-26(12-15)28-19(27)20(2,3)4/h5-7,9,15H,8,10,12H2,1-4H3,(H,23,24)/t15-/m0/s1. The lowest BCUT2D eigenvalue weighted by Gasteiger charge is -2.22.